The Balaban J connectivity index is 2.17. The summed E-state index contributed by atoms with van der Waals surface area (Å²) in [5, 5.41) is 0. The van der Waals surface area contributed by atoms with Gasteiger partial charge in [-0.25, -0.2) is 0 Å². The van der Waals surface area contributed by atoms with Crippen LogP contribution in [0.15, 0.2) is 47.5 Å². The van der Waals surface area contributed by atoms with Crippen LogP contribution in [0.3, 0.4) is 0 Å². The summed E-state index contributed by atoms with van der Waals surface area (Å²) in [6, 6.07) is 10.1. The second-order valence-electron chi connectivity index (χ2n) is 2.89. The largest absolute Gasteiger partial charge is 0.257 e. The van der Waals surface area contributed by atoms with Gasteiger partial charge in [-0.3, -0.25) is 4.99 Å². The first-order chi connectivity index (χ1) is 5.95. The van der Waals surface area contributed by atoms with Crippen molar-refractivity contribution in [1.29, 1.82) is 0 Å². The average molecular weight is 157 g/mol. The fourth-order valence-electron chi connectivity index (χ4n) is 1.30. The number of hydrogen-bond donors (Lipinski definition) is 0. The van der Waals surface area contributed by atoms with Gasteiger partial charge < -0.3 is 0 Å². The number of para-hydroxylation sites is 1. The number of nitrogens with zero attached hydrogens (tertiary/aromatic N) is 1. The Morgan fingerprint density at radius 1 is 0.917 bits per heavy atom. The zero-order valence-electron chi connectivity index (χ0n) is 6.90. The van der Waals surface area contributed by atoms with Crippen LogP contribution in [0.5, 0.6) is 0 Å². The van der Waals surface area contributed by atoms with E-state index >= 15 is 0 Å². The van der Waals surface area contributed by atoms with Crippen molar-refractivity contribution in [3.63, 3.8) is 0 Å². The lowest BCUT2D eigenvalue weighted by molar-refractivity contribution is 1.38. The fraction of sp³-hybridized carbons (Fsp3) is 0.182. The molecule has 0 amide bonds. The van der Waals surface area contributed by atoms with Crippen molar-refractivity contribution in [3.05, 3.63) is 42.5 Å². The quantitative estimate of drug-likeness (QED) is 0.555. The third-order valence-corrected chi connectivity index (χ3v) is 1.92. The highest BCUT2D eigenvalue weighted by atomic mass is 14.7. The van der Waals surface area contributed by atoms with Crippen molar-refractivity contribution in [1.82, 2.24) is 0 Å². The van der Waals surface area contributed by atoms with E-state index < -0.39 is 0 Å². The molecule has 0 fully saturated rings. The summed E-state index contributed by atoms with van der Waals surface area (Å²) < 4.78 is 0. The molecule has 0 saturated carbocycles. The molecule has 1 heteroatoms. The molecule has 1 aliphatic carbocycles. The van der Waals surface area contributed by atoms with Gasteiger partial charge >= 0.3 is 0 Å². The monoisotopic (exact) mass is 157 g/mol. The zero-order valence-corrected chi connectivity index (χ0v) is 6.90. The van der Waals surface area contributed by atoms with Crippen LogP contribution >= 0.6 is 0 Å². The normalized spacial score (nSPS) is 15.2. The number of rotatable bonds is 1. The zero-order chi connectivity index (χ0) is 8.23. The minimum atomic E-state index is 1.02. The number of benzene rings is 1. The first kappa shape index (κ1) is 7.29. The molecule has 2 rings (SSSR count). The van der Waals surface area contributed by atoms with Crippen LogP contribution in [0.2, 0.25) is 0 Å². The minimum Gasteiger partial charge on any atom is -0.257 e. The van der Waals surface area contributed by atoms with E-state index in [1.165, 1.54) is 5.71 Å². The van der Waals surface area contributed by atoms with Gasteiger partial charge in [-0.05, 0) is 12.1 Å². The van der Waals surface area contributed by atoms with Gasteiger partial charge in [-0.15, -0.1) is 0 Å². The van der Waals surface area contributed by atoms with Crippen molar-refractivity contribution >= 4 is 11.4 Å². The molecular weight excluding hydrogens is 146 g/mol. The minimum absolute atomic E-state index is 1.02. The Morgan fingerprint density at radius 2 is 1.58 bits per heavy atom. The summed E-state index contributed by atoms with van der Waals surface area (Å²) in [6.07, 6.45) is 6.38. The van der Waals surface area contributed by atoms with Gasteiger partial charge in [0.1, 0.15) is 0 Å². The van der Waals surface area contributed by atoms with Gasteiger partial charge in [-0.1, -0.05) is 30.4 Å². The number of aliphatic imine (C=N–C) groups is 1. The molecule has 1 aliphatic rings. The van der Waals surface area contributed by atoms with Crippen LogP contribution in [0.1, 0.15) is 12.8 Å². The van der Waals surface area contributed by atoms with Crippen molar-refractivity contribution in [2.45, 2.75) is 12.8 Å². The highest BCUT2D eigenvalue weighted by Crippen LogP contribution is 2.15. The summed E-state index contributed by atoms with van der Waals surface area (Å²) in [5.41, 5.74) is 2.33. The van der Waals surface area contributed by atoms with Crippen molar-refractivity contribution < 1.29 is 0 Å². The predicted molar refractivity (Wildman–Crippen MR) is 51.9 cm³/mol. The molecule has 0 unspecified atom stereocenters. The lowest BCUT2D eigenvalue weighted by Crippen LogP contribution is -1.86. The van der Waals surface area contributed by atoms with E-state index in [0.717, 1.165) is 18.5 Å². The molecule has 60 valence electrons. The van der Waals surface area contributed by atoms with E-state index in [1.54, 1.807) is 0 Å². The molecule has 12 heavy (non-hydrogen) atoms. The first-order valence-electron chi connectivity index (χ1n) is 4.21. The van der Waals surface area contributed by atoms with Crippen LogP contribution in [0, 0.1) is 0 Å². The lowest BCUT2D eigenvalue weighted by Gasteiger charge is -1.95. The topological polar surface area (TPSA) is 12.4 Å². The van der Waals surface area contributed by atoms with Gasteiger partial charge in [0.05, 0.1) is 5.69 Å². The van der Waals surface area contributed by atoms with Gasteiger partial charge in [0.2, 0.25) is 0 Å². The molecule has 1 nitrogen and oxygen atoms in total. The molecule has 0 atom stereocenters. The maximum Gasteiger partial charge on any atom is 0.0629 e. The lowest BCUT2D eigenvalue weighted by atomic mass is 10.3. The molecular formula is C11H11N. The summed E-state index contributed by atoms with van der Waals surface area (Å²) in [7, 11) is 0. The summed E-state index contributed by atoms with van der Waals surface area (Å²) in [6.45, 7) is 0. The SMILES string of the molecule is C1=CCC(=Nc2ccccc2)C1. The van der Waals surface area contributed by atoms with Crippen molar-refractivity contribution in [3.8, 4) is 0 Å². The molecule has 0 aromatic heterocycles. The van der Waals surface area contributed by atoms with Crippen molar-refractivity contribution in [2.75, 3.05) is 0 Å². The molecule has 1 aromatic carbocycles. The second-order valence-corrected chi connectivity index (χ2v) is 2.89. The summed E-state index contributed by atoms with van der Waals surface area (Å²) in [4.78, 5) is 4.51. The van der Waals surface area contributed by atoms with E-state index in [1.807, 2.05) is 30.3 Å². The molecule has 0 saturated heterocycles. The first-order valence-corrected chi connectivity index (χ1v) is 4.21. The molecule has 0 bridgehead atoms. The molecule has 0 radical (unpaired) electrons. The maximum absolute atomic E-state index is 4.51. The van der Waals surface area contributed by atoms with Crippen LogP contribution in [0.25, 0.3) is 0 Å². The highest BCUT2D eigenvalue weighted by molar-refractivity contribution is 5.91. The van der Waals surface area contributed by atoms with Crippen LogP contribution < -0.4 is 0 Å². The van der Waals surface area contributed by atoms with Gasteiger partial charge in [0.25, 0.3) is 0 Å². The van der Waals surface area contributed by atoms with Gasteiger partial charge in [0, 0.05) is 18.6 Å². The van der Waals surface area contributed by atoms with E-state index in [-0.39, 0.29) is 0 Å². The van der Waals surface area contributed by atoms with Gasteiger partial charge in [0.15, 0.2) is 0 Å². The Bertz CT molecular complexity index is 299. The van der Waals surface area contributed by atoms with Gasteiger partial charge in [-0.2, -0.15) is 0 Å². The Labute approximate surface area is 72.5 Å². The Hall–Kier alpha value is -1.37. The molecule has 1 aromatic rings. The van der Waals surface area contributed by atoms with Crippen LogP contribution in [0.4, 0.5) is 5.69 Å². The fourth-order valence-corrected chi connectivity index (χ4v) is 1.30. The predicted octanol–water partition coefficient (Wildman–Crippen LogP) is 3.11. The van der Waals surface area contributed by atoms with Crippen LogP contribution in [-0.4, -0.2) is 5.71 Å². The summed E-state index contributed by atoms with van der Waals surface area (Å²) >= 11 is 0. The standard InChI is InChI=1S/C11H11N/c1-2-6-10(7-3-1)12-11-8-4-5-9-11/h1-7H,8-9H2. The molecule has 0 spiro atoms. The van der Waals surface area contributed by atoms with E-state index in [4.69, 9.17) is 0 Å². The van der Waals surface area contributed by atoms with Crippen LogP contribution in [-0.2, 0) is 0 Å². The summed E-state index contributed by atoms with van der Waals surface area (Å²) in [5.74, 6) is 0. The average Bonchev–Trinajstić information content (AvgIpc) is 2.59. The maximum atomic E-state index is 4.51. The highest BCUT2D eigenvalue weighted by Gasteiger charge is 2.00. The Kier molecular flexibility index (Phi) is 2.04. The third-order valence-electron chi connectivity index (χ3n) is 1.92. The number of allylic oxidation sites excluding steroid dienone is 2. The second kappa shape index (κ2) is 3.35. The van der Waals surface area contributed by atoms with Crippen molar-refractivity contribution in [2.24, 2.45) is 4.99 Å². The smallest absolute Gasteiger partial charge is 0.0629 e. The van der Waals surface area contributed by atoms with E-state index in [9.17, 15) is 0 Å². The number of hydrogen-bond acceptors (Lipinski definition) is 1. The Morgan fingerprint density at radius 3 is 2.25 bits per heavy atom. The van der Waals surface area contributed by atoms with E-state index in [0.29, 0.717) is 0 Å². The molecule has 0 N–H and O–H groups in total. The molecule has 0 aliphatic heterocycles. The molecule has 0 heterocycles. The third kappa shape index (κ3) is 1.62. The van der Waals surface area contributed by atoms with E-state index in [2.05, 4.69) is 17.1 Å².